The normalized spacial score (nSPS) is 10.8. The zero-order valence-corrected chi connectivity index (χ0v) is 17.5. The molecule has 0 saturated carbocycles. The van der Waals surface area contributed by atoms with Crippen molar-refractivity contribution in [3.8, 4) is 22.6 Å². The number of nitrogens with zero attached hydrogens (tertiary/aromatic N) is 5. The molecule has 0 aliphatic rings. The maximum Gasteiger partial charge on any atom is 0.323 e. The summed E-state index contributed by atoms with van der Waals surface area (Å²) in [5.41, 5.74) is 4.33. The molecule has 0 atom stereocenters. The van der Waals surface area contributed by atoms with Crippen molar-refractivity contribution in [2.45, 2.75) is 6.92 Å². The van der Waals surface area contributed by atoms with Gasteiger partial charge in [-0.1, -0.05) is 18.2 Å². The quantitative estimate of drug-likeness (QED) is 0.413. The number of carbonyl (C=O) groups is 1. The third kappa shape index (κ3) is 4.24. The highest BCUT2D eigenvalue weighted by molar-refractivity contribution is 6.00. The van der Waals surface area contributed by atoms with Gasteiger partial charge < -0.3 is 10.6 Å². The molecule has 3 aromatic heterocycles. The molecule has 9 heteroatoms. The Hall–Kier alpha value is -4.66. The van der Waals surface area contributed by atoms with E-state index in [0.717, 1.165) is 11.1 Å². The number of aromatic nitrogens is 5. The molecule has 0 aliphatic heterocycles. The van der Waals surface area contributed by atoms with Crippen LogP contribution in [0.25, 0.3) is 28.3 Å². The van der Waals surface area contributed by atoms with Crippen molar-refractivity contribution >= 4 is 23.1 Å². The van der Waals surface area contributed by atoms with Gasteiger partial charge in [0, 0.05) is 34.9 Å². The molecular formula is C24H18FN7O. The number of aryl methyl sites for hydroxylation is 1. The molecule has 0 unspecified atom stereocenters. The molecule has 162 valence electrons. The number of nitrogens with one attached hydrogen (secondary N) is 2. The Morgan fingerprint density at radius 1 is 0.909 bits per heavy atom. The average molecular weight is 439 g/mol. The molecule has 2 N–H and O–H groups in total. The van der Waals surface area contributed by atoms with Crippen molar-refractivity contribution in [3.05, 3.63) is 90.5 Å². The summed E-state index contributed by atoms with van der Waals surface area (Å²) in [6.45, 7) is 1.66. The number of hydrogen-bond donors (Lipinski definition) is 2. The Morgan fingerprint density at radius 3 is 2.52 bits per heavy atom. The maximum absolute atomic E-state index is 13.7. The van der Waals surface area contributed by atoms with Crippen molar-refractivity contribution in [3.63, 3.8) is 0 Å². The van der Waals surface area contributed by atoms with E-state index in [1.165, 1.54) is 6.07 Å². The van der Waals surface area contributed by atoms with E-state index in [0.29, 0.717) is 34.1 Å². The van der Waals surface area contributed by atoms with Gasteiger partial charge in [0.2, 0.25) is 0 Å². The van der Waals surface area contributed by atoms with E-state index in [1.54, 1.807) is 48.1 Å². The van der Waals surface area contributed by atoms with Crippen LogP contribution in [0.5, 0.6) is 0 Å². The molecule has 0 radical (unpaired) electrons. The van der Waals surface area contributed by atoms with Crippen molar-refractivity contribution in [2.75, 3.05) is 10.6 Å². The summed E-state index contributed by atoms with van der Waals surface area (Å²) in [5.74, 6) is 0.204. The van der Waals surface area contributed by atoms with E-state index in [1.807, 2.05) is 36.4 Å². The van der Waals surface area contributed by atoms with Crippen LogP contribution in [0.2, 0.25) is 0 Å². The summed E-state index contributed by atoms with van der Waals surface area (Å²) >= 11 is 0. The van der Waals surface area contributed by atoms with E-state index in [-0.39, 0.29) is 5.82 Å². The van der Waals surface area contributed by atoms with Crippen LogP contribution in [0.3, 0.4) is 0 Å². The fraction of sp³-hybridized carbons (Fsp3) is 0.0417. The third-order valence-electron chi connectivity index (χ3n) is 5.03. The number of hydrogen-bond acceptors (Lipinski definition) is 5. The van der Waals surface area contributed by atoms with E-state index >= 15 is 0 Å². The van der Waals surface area contributed by atoms with Crippen LogP contribution >= 0.6 is 0 Å². The van der Waals surface area contributed by atoms with Crippen LogP contribution < -0.4 is 10.6 Å². The van der Waals surface area contributed by atoms with Gasteiger partial charge in [0.25, 0.3) is 0 Å². The molecule has 8 nitrogen and oxygen atoms in total. The fourth-order valence-electron chi connectivity index (χ4n) is 3.34. The first-order valence-corrected chi connectivity index (χ1v) is 10.1. The highest BCUT2D eigenvalue weighted by atomic mass is 19.1. The summed E-state index contributed by atoms with van der Waals surface area (Å²) in [6.07, 6.45) is 3.39. The highest BCUT2D eigenvalue weighted by Crippen LogP contribution is 2.23. The molecule has 2 aromatic carbocycles. The van der Waals surface area contributed by atoms with Gasteiger partial charge in [-0.15, -0.1) is 10.2 Å². The van der Waals surface area contributed by atoms with E-state index < -0.39 is 6.03 Å². The predicted octanol–water partition coefficient (Wildman–Crippen LogP) is 4.94. The Balaban J connectivity index is 1.39. The highest BCUT2D eigenvalue weighted by Gasteiger charge is 2.12. The summed E-state index contributed by atoms with van der Waals surface area (Å²) in [5, 5.41) is 18.5. The second kappa shape index (κ2) is 8.46. The first-order chi connectivity index (χ1) is 16.1. The van der Waals surface area contributed by atoms with Gasteiger partial charge in [-0.3, -0.25) is 4.98 Å². The molecule has 5 rings (SSSR count). The third-order valence-corrected chi connectivity index (χ3v) is 5.03. The summed E-state index contributed by atoms with van der Waals surface area (Å²) in [4.78, 5) is 16.5. The van der Waals surface area contributed by atoms with Crippen molar-refractivity contribution in [1.29, 1.82) is 0 Å². The van der Waals surface area contributed by atoms with Crippen LogP contribution in [0, 0.1) is 12.7 Å². The first-order valence-electron chi connectivity index (χ1n) is 10.1. The van der Waals surface area contributed by atoms with Gasteiger partial charge in [-0.25, -0.2) is 9.18 Å². The van der Waals surface area contributed by atoms with Crippen LogP contribution in [-0.4, -0.2) is 30.8 Å². The van der Waals surface area contributed by atoms with Crippen LogP contribution in [-0.2, 0) is 0 Å². The van der Waals surface area contributed by atoms with Gasteiger partial charge in [-0.05, 0) is 61.0 Å². The van der Waals surface area contributed by atoms with Gasteiger partial charge >= 0.3 is 6.03 Å². The Labute approximate surface area is 188 Å². The second-order valence-corrected chi connectivity index (χ2v) is 7.38. The van der Waals surface area contributed by atoms with Gasteiger partial charge in [0.05, 0.1) is 5.69 Å². The van der Waals surface area contributed by atoms with Crippen LogP contribution in [0.1, 0.15) is 5.56 Å². The topological polar surface area (TPSA) is 97.1 Å². The monoisotopic (exact) mass is 439 g/mol. The molecular weight excluding hydrogens is 421 g/mol. The Morgan fingerprint density at radius 2 is 1.73 bits per heavy atom. The predicted molar refractivity (Wildman–Crippen MR) is 123 cm³/mol. The summed E-state index contributed by atoms with van der Waals surface area (Å²) in [6, 6.07) is 18.7. The molecule has 0 aliphatic carbocycles. The Bertz CT molecular complexity index is 1470. The van der Waals surface area contributed by atoms with Crippen molar-refractivity contribution in [1.82, 2.24) is 24.8 Å². The lowest BCUT2D eigenvalue weighted by Gasteiger charge is -2.10. The largest absolute Gasteiger partial charge is 0.323 e. The zero-order valence-electron chi connectivity index (χ0n) is 17.5. The molecule has 3 heterocycles. The number of urea groups is 1. The summed E-state index contributed by atoms with van der Waals surface area (Å²) < 4.78 is 15.4. The molecule has 0 saturated heterocycles. The SMILES string of the molecule is Cc1ccc(NC(=O)Nc2cccc(-c3ccc4nnc(-c5cccnc5)n4n3)c2)cc1F. The molecule has 33 heavy (non-hydrogen) atoms. The molecule has 2 amide bonds. The first kappa shape index (κ1) is 20.3. The smallest absolute Gasteiger partial charge is 0.308 e. The number of pyridine rings is 1. The molecule has 0 spiro atoms. The zero-order chi connectivity index (χ0) is 22.8. The fourth-order valence-corrected chi connectivity index (χ4v) is 3.34. The number of fused-ring (bicyclic) bond motifs is 1. The minimum Gasteiger partial charge on any atom is -0.308 e. The average Bonchev–Trinajstić information content (AvgIpc) is 3.25. The lowest BCUT2D eigenvalue weighted by molar-refractivity contribution is 0.262. The number of anilines is 2. The van der Waals surface area contributed by atoms with E-state index in [4.69, 9.17) is 0 Å². The second-order valence-electron chi connectivity index (χ2n) is 7.38. The van der Waals surface area contributed by atoms with Crippen molar-refractivity contribution in [2.24, 2.45) is 0 Å². The lowest BCUT2D eigenvalue weighted by Crippen LogP contribution is -2.19. The molecule has 0 bridgehead atoms. The van der Waals surface area contributed by atoms with Crippen LogP contribution in [0.15, 0.2) is 79.1 Å². The lowest BCUT2D eigenvalue weighted by atomic mass is 10.1. The minimum atomic E-state index is -0.475. The number of rotatable bonds is 4. The maximum atomic E-state index is 13.7. The number of carbonyl (C=O) groups excluding carboxylic acids is 1. The number of amides is 2. The van der Waals surface area contributed by atoms with E-state index in [9.17, 15) is 9.18 Å². The molecule has 5 aromatic rings. The standard InChI is InChI=1S/C24H18FN7O/c1-15-7-8-19(13-20(15)25)28-24(33)27-18-6-2-4-16(12-18)21-9-10-22-29-30-23(32(22)31-21)17-5-3-11-26-14-17/h2-14H,1H3,(H2,27,28,33). The minimum absolute atomic E-state index is 0.370. The van der Waals surface area contributed by atoms with Gasteiger partial charge in [0.15, 0.2) is 11.5 Å². The number of halogens is 1. The summed E-state index contributed by atoms with van der Waals surface area (Å²) in [7, 11) is 0. The van der Waals surface area contributed by atoms with Crippen molar-refractivity contribution < 1.29 is 9.18 Å². The van der Waals surface area contributed by atoms with Crippen LogP contribution in [0.4, 0.5) is 20.6 Å². The Kier molecular flexibility index (Phi) is 5.19. The van der Waals surface area contributed by atoms with Gasteiger partial charge in [-0.2, -0.15) is 9.61 Å². The van der Waals surface area contributed by atoms with E-state index in [2.05, 4.69) is 30.9 Å². The number of benzene rings is 2. The van der Waals surface area contributed by atoms with Gasteiger partial charge in [0.1, 0.15) is 5.82 Å². The molecule has 0 fully saturated rings.